The Balaban J connectivity index is 1.26. The summed E-state index contributed by atoms with van der Waals surface area (Å²) < 4.78 is 43.3. The maximum atomic E-state index is 13.6. The Labute approximate surface area is 199 Å². The first-order valence-electron chi connectivity index (χ1n) is 12.2. The fraction of sp³-hybridized carbons (Fsp3) is 0.625. The molecule has 5 rings (SSSR count). The number of carbonyl (C=O) groups excluding carboxylic acids is 1. The standard InChI is InChI=1S/C24H31FN4O4S/c25-19-7-3-5-17(13-19)23-26-24(33-27-23)18-6-4-11-28(14-18)15-22(30)29(20-8-1-2-9-20)21-10-12-34(31,32)16-21/h3,5,7,13,18,20-21H,1-2,4,6,8-12,14-16H2. The predicted molar refractivity (Wildman–Crippen MR) is 124 cm³/mol. The van der Waals surface area contributed by atoms with E-state index in [4.69, 9.17) is 4.52 Å². The average molecular weight is 491 g/mol. The number of carbonyl (C=O) groups is 1. The van der Waals surface area contributed by atoms with E-state index < -0.39 is 9.84 Å². The van der Waals surface area contributed by atoms with E-state index in [9.17, 15) is 17.6 Å². The summed E-state index contributed by atoms with van der Waals surface area (Å²) in [7, 11) is -3.06. The second-order valence-corrected chi connectivity index (χ2v) is 12.1. The van der Waals surface area contributed by atoms with Crippen molar-refractivity contribution in [2.45, 2.75) is 62.9 Å². The van der Waals surface area contributed by atoms with E-state index in [1.54, 1.807) is 12.1 Å². The van der Waals surface area contributed by atoms with Crippen LogP contribution in [0.4, 0.5) is 4.39 Å². The zero-order valence-corrected chi connectivity index (χ0v) is 20.1. The minimum Gasteiger partial charge on any atom is -0.339 e. The molecule has 1 amide bonds. The molecular weight excluding hydrogens is 459 g/mol. The van der Waals surface area contributed by atoms with Gasteiger partial charge in [0.05, 0.1) is 24.0 Å². The summed E-state index contributed by atoms with van der Waals surface area (Å²) in [5.41, 5.74) is 0.566. The molecule has 3 fully saturated rings. The van der Waals surface area contributed by atoms with Crippen molar-refractivity contribution in [1.82, 2.24) is 19.9 Å². The second kappa shape index (κ2) is 9.73. The molecule has 1 aromatic heterocycles. The molecular formula is C24H31FN4O4S. The van der Waals surface area contributed by atoms with Crippen molar-refractivity contribution in [1.29, 1.82) is 0 Å². The Bertz CT molecular complexity index is 1130. The highest BCUT2D eigenvalue weighted by molar-refractivity contribution is 7.91. The van der Waals surface area contributed by atoms with Gasteiger partial charge in [0.15, 0.2) is 9.84 Å². The van der Waals surface area contributed by atoms with Gasteiger partial charge in [-0.3, -0.25) is 9.69 Å². The van der Waals surface area contributed by atoms with Gasteiger partial charge in [0, 0.05) is 24.2 Å². The van der Waals surface area contributed by atoms with Crippen molar-refractivity contribution in [3.8, 4) is 11.4 Å². The molecule has 2 unspecified atom stereocenters. The largest absolute Gasteiger partial charge is 0.339 e. The Morgan fingerprint density at radius 3 is 2.71 bits per heavy atom. The van der Waals surface area contributed by atoms with E-state index in [0.29, 0.717) is 30.2 Å². The zero-order chi connectivity index (χ0) is 23.7. The maximum absolute atomic E-state index is 13.6. The van der Waals surface area contributed by atoms with Crippen LogP contribution in [-0.2, 0) is 14.6 Å². The van der Waals surface area contributed by atoms with Gasteiger partial charge in [0.25, 0.3) is 0 Å². The lowest BCUT2D eigenvalue weighted by Crippen LogP contribution is -2.51. The Kier molecular flexibility index (Phi) is 6.70. The van der Waals surface area contributed by atoms with Gasteiger partial charge in [-0.25, -0.2) is 12.8 Å². The smallest absolute Gasteiger partial charge is 0.237 e. The van der Waals surface area contributed by atoms with Gasteiger partial charge < -0.3 is 9.42 Å². The van der Waals surface area contributed by atoms with Crippen molar-refractivity contribution < 1.29 is 22.1 Å². The number of likely N-dealkylation sites (tertiary alicyclic amines) is 1. The summed E-state index contributed by atoms with van der Waals surface area (Å²) >= 11 is 0. The summed E-state index contributed by atoms with van der Waals surface area (Å²) in [6.45, 7) is 1.70. The summed E-state index contributed by atoms with van der Waals surface area (Å²) in [5.74, 6) is 0.799. The number of sulfone groups is 1. The van der Waals surface area contributed by atoms with Gasteiger partial charge in [0.1, 0.15) is 5.82 Å². The number of piperidine rings is 1. The van der Waals surface area contributed by atoms with Crippen molar-refractivity contribution >= 4 is 15.7 Å². The summed E-state index contributed by atoms with van der Waals surface area (Å²) in [4.78, 5) is 22.0. The van der Waals surface area contributed by atoms with Crippen LogP contribution in [-0.4, -0.2) is 77.5 Å². The number of nitrogens with zero attached hydrogens (tertiary/aromatic N) is 4. The average Bonchev–Trinajstić information content (AvgIpc) is 3.56. The molecule has 1 aromatic carbocycles. The van der Waals surface area contributed by atoms with Crippen molar-refractivity contribution in [3.05, 3.63) is 36.0 Å². The van der Waals surface area contributed by atoms with Crippen LogP contribution >= 0.6 is 0 Å². The number of benzene rings is 1. The Morgan fingerprint density at radius 1 is 1.15 bits per heavy atom. The number of aromatic nitrogens is 2. The van der Waals surface area contributed by atoms with Crippen LogP contribution in [0.1, 0.15) is 56.8 Å². The van der Waals surface area contributed by atoms with Crippen LogP contribution in [0.25, 0.3) is 11.4 Å². The molecule has 10 heteroatoms. The van der Waals surface area contributed by atoms with Crippen molar-refractivity contribution in [2.75, 3.05) is 31.1 Å². The van der Waals surface area contributed by atoms with E-state index in [1.165, 1.54) is 12.1 Å². The first-order valence-corrected chi connectivity index (χ1v) is 14.0. The Hall–Kier alpha value is -2.33. The number of rotatable bonds is 6. The van der Waals surface area contributed by atoms with Crippen LogP contribution in [0.5, 0.6) is 0 Å². The molecule has 0 spiro atoms. The van der Waals surface area contributed by atoms with Crippen LogP contribution in [0.15, 0.2) is 28.8 Å². The van der Waals surface area contributed by atoms with Gasteiger partial charge in [-0.15, -0.1) is 0 Å². The molecule has 0 radical (unpaired) electrons. The van der Waals surface area contributed by atoms with Crippen LogP contribution < -0.4 is 0 Å². The molecule has 1 saturated carbocycles. The molecule has 3 heterocycles. The first kappa shape index (κ1) is 23.4. The molecule has 0 N–H and O–H groups in total. The highest BCUT2D eigenvalue weighted by Crippen LogP contribution is 2.31. The van der Waals surface area contributed by atoms with E-state index in [2.05, 4.69) is 15.0 Å². The van der Waals surface area contributed by atoms with Crippen LogP contribution in [0.2, 0.25) is 0 Å². The SMILES string of the molecule is O=C(CN1CCCC(c2nc(-c3cccc(F)c3)no2)C1)N(C1CCCC1)C1CCS(=O)(=O)C1. The third-order valence-electron chi connectivity index (χ3n) is 7.35. The van der Waals surface area contributed by atoms with Gasteiger partial charge in [-0.2, -0.15) is 4.98 Å². The summed E-state index contributed by atoms with van der Waals surface area (Å²) in [6, 6.07) is 6.05. The minimum absolute atomic E-state index is 0.00291. The quantitative estimate of drug-likeness (QED) is 0.614. The lowest BCUT2D eigenvalue weighted by molar-refractivity contribution is -0.137. The number of halogens is 1. The molecule has 2 atom stereocenters. The minimum atomic E-state index is -3.06. The molecule has 8 nitrogen and oxygen atoms in total. The topological polar surface area (TPSA) is 96.6 Å². The molecule has 2 aliphatic heterocycles. The number of amides is 1. The highest BCUT2D eigenvalue weighted by Gasteiger charge is 2.39. The lowest BCUT2D eigenvalue weighted by atomic mass is 9.98. The third-order valence-corrected chi connectivity index (χ3v) is 9.10. The highest BCUT2D eigenvalue weighted by atomic mass is 32.2. The van der Waals surface area contributed by atoms with Crippen molar-refractivity contribution in [2.24, 2.45) is 0 Å². The normalized spacial score (nSPS) is 25.6. The molecule has 184 valence electrons. The van der Waals surface area contributed by atoms with Gasteiger partial charge >= 0.3 is 0 Å². The zero-order valence-electron chi connectivity index (χ0n) is 19.2. The molecule has 0 bridgehead atoms. The van der Waals surface area contributed by atoms with E-state index in [1.807, 2.05) is 4.90 Å². The van der Waals surface area contributed by atoms with Crippen molar-refractivity contribution in [3.63, 3.8) is 0 Å². The van der Waals surface area contributed by atoms with Gasteiger partial charge in [-0.1, -0.05) is 30.1 Å². The van der Waals surface area contributed by atoms with E-state index in [0.717, 1.165) is 45.1 Å². The maximum Gasteiger partial charge on any atom is 0.237 e. The van der Waals surface area contributed by atoms with Crippen LogP contribution in [0, 0.1) is 5.82 Å². The van der Waals surface area contributed by atoms with E-state index >= 15 is 0 Å². The molecule has 1 aliphatic carbocycles. The van der Waals surface area contributed by atoms with E-state index in [-0.39, 0.29) is 47.8 Å². The monoisotopic (exact) mass is 490 g/mol. The predicted octanol–water partition coefficient (Wildman–Crippen LogP) is 3.01. The van der Waals surface area contributed by atoms with Gasteiger partial charge in [0.2, 0.25) is 17.6 Å². The Morgan fingerprint density at radius 2 is 1.97 bits per heavy atom. The summed E-state index contributed by atoms with van der Waals surface area (Å²) in [5, 5.41) is 4.03. The molecule has 3 aliphatic rings. The van der Waals surface area contributed by atoms with Crippen LogP contribution in [0.3, 0.4) is 0 Å². The third kappa shape index (κ3) is 5.17. The fourth-order valence-corrected chi connectivity index (χ4v) is 7.41. The first-order chi connectivity index (χ1) is 16.4. The molecule has 2 aromatic rings. The summed E-state index contributed by atoms with van der Waals surface area (Å²) in [6.07, 6.45) is 6.40. The lowest BCUT2D eigenvalue weighted by Gasteiger charge is -2.37. The van der Waals surface area contributed by atoms with Gasteiger partial charge in [-0.05, 0) is 50.8 Å². The molecule has 2 saturated heterocycles. The fourth-order valence-electron chi connectivity index (χ4n) is 5.70. The molecule has 34 heavy (non-hydrogen) atoms. The number of hydrogen-bond donors (Lipinski definition) is 0. The second-order valence-electron chi connectivity index (χ2n) is 9.84. The number of hydrogen-bond acceptors (Lipinski definition) is 7.